The fourth-order valence-corrected chi connectivity index (χ4v) is 1.69. The minimum Gasteiger partial charge on any atom is -0.353 e. The van der Waals surface area contributed by atoms with E-state index in [4.69, 9.17) is 5.73 Å². The van der Waals surface area contributed by atoms with Gasteiger partial charge in [0.25, 0.3) is 0 Å². The Morgan fingerprint density at radius 2 is 2.06 bits per heavy atom. The Hall–Kier alpha value is -0.830. The molecule has 0 aliphatic rings. The van der Waals surface area contributed by atoms with Crippen LogP contribution >= 0.6 is 0 Å². The third-order valence-corrected chi connectivity index (χ3v) is 2.42. The Morgan fingerprint density at radius 3 is 2.44 bits per heavy atom. The van der Waals surface area contributed by atoms with Crippen molar-refractivity contribution in [3.63, 3.8) is 0 Å². The van der Waals surface area contributed by atoms with E-state index in [-0.39, 0.29) is 23.3 Å². The fourth-order valence-electron chi connectivity index (χ4n) is 1.69. The largest absolute Gasteiger partial charge is 0.353 e. The third kappa shape index (κ3) is 6.62. The molecule has 2 unspecified atom stereocenters. The molecule has 2 atom stereocenters. The zero-order chi connectivity index (χ0) is 12.8. The molecule has 0 aromatic heterocycles. The van der Waals surface area contributed by atoms with Crippen LogP contribution in [0.1, 0.15) is 40.5 Å². The highest BCUT2D eigenvalue weighted by molar-refractivity contribution is 5.79. The normalized spacial score (nSPS) is 15.3. The lowest BCUT2D eigenvalue weighted by atomic mass is 9.84. The number of nitrogens with one attached hydrogen (secondary N) is 1. The molecule has 0 saturated heterocycles. The van der Waals surface area contributed by atoms with Crippen LogP contribution in [0.3, 0.4) is 0 Å². The maximum Gasteiger partial charge on any atom is 0.224 e. The Bertz CT molecular complexity index is 231. The summed E-state index contributed by atoms with van der Waals surface area (Å²) in [5, 5.41) is 2.96. The summed E-state index contributed by atoms with van der Waals surface area (Å²) in [6, 6.07) is 0.138. The van der Waals surface area contributed by atoms with Crippen LogP contribution in [-0.2, 0) is 4.79 Å². The van der Waals surface area contributed by atoms with Gasteiger partial charge in [-0.15, -0.1) is 6.58 Å². The quantitative estimate of drug-likeness (QED) is 0.681. The monoisotopic (exact) mass is 226 g/mol. The van der Waals surface area contributed by atoms with Crippen molar-refractivity contribution in [3.05, 3.63) is 12.7 Å². The third-order valence-electron chi connectivity index (χ3n) is 2.42. The van der Waals surface area contributed by atoms with E-state index in [2.05, 4.69) is 32.7 Å². The summed E-state index contributed by atoms with van der Waals surface area (Å²) >= 11 is 0. The molecule has 94 valence electrons. The fraction of sp³-hybridized carbons (Fsp3) is 0.769. The molecule has 16 heavy (non-hydrogen) atoms. The predicted octanol–water partition coefficient (Wildman–Crippen LogP) is 2.08. The average molecular weight is 226 g/mol. The highest BCUT2D eigenvalue weighted by Gasteiger charge is 2.24. The summed E-state index contributed by atoms with van der Waals surface area (Å²) in [6.45, 7) is 12.4. The van der Waals surface area contributed by atoms with Gasteiger partial charge in [0.05, 0.1) is 5.92 Å². The van der Waals surface area contributed by atoms with Gasteiger partial charge in [-0.05, 0) is 25.2 Å². The maximum atomic E-state index is 11.9. The van der Waals surface area contributed by atoms with Crippen molar-refractivity contribution in [2.24, 2.45) is 17.1 Å². The molecule has 0 aromatic rings. The van der Waals surface area contributed by atoms with Crippen molar-refractivity contribution < 1.29 is 4.79 Å². The molecule has 0 aliphatic carbocycles. The highest BCUT2D eigenvalue weighted by Crippen LogP contribution is 2.24. The Kier molecular flexibility index (Phi) is 6.34. The van der Waals surface area contributed by atoms with Crippen molar-refractivity contribution in [1.29, 1.82) is 0 Å². The zero-order valence-corrected chi connectivity index (χ0v) is 11.0. The summed E-state index contributed by atoms with van der Waals surface area (Å²) in [5.74, 6) is -0.0287. The minimum absolute atomic E-state index is 0.0618. The van der Waals surface area contributed by atoms with Crippen LogP contribution < -0.4 is 11.1 Å². The summed E-state index contributed by atoms with van der Waals surface area (Å²) in [7, 11) is 0. The number of hydrogen-bond donors (Lipinski definition) is 2. The first-order valence-corrected chi connectivity index (χ1v) is 5.91. The number of hydrogen-bond acceptors (Lipinski definition) is 2. The van der Waals surface area contributed by atoms with Gasteiger partial charge < -0.3 is 11.1 Å². The number of carbonyl (C=O) groups excluding carboxylic acids is 1. The lowest BCUT2D eigenvalue weighted by molar-refractivity contribution is -0.126. The first kappa shape index (κ1) is 15.2. The van der Waals surface area contributed by atoms with Gasteiger partial charge in [0.15, 0.2) is 0 Å². The zero-order valence-electron chi connectivity index (χ0n) is 11.0. The molecular formula is C13H26N2O. The van der Waals surface area contributed by atoms with E-state index in [9.17, 15) is 4.79 Å². The number of carbonyl (C=O) groups is 1. The van der Waals surface area contributed by atoms with E-state index in [0.717, 1.165) is 12.8 Å². The summed E-state index contributed by atoms with van der Waals surface area (Å²) in [6.07, 6.45) is 3.42. The Labute approximate surface area is 99.5 Å². The van der Waals surface area contributed by atoms with E-state index in [0.29, 0.717) is 6.54 Å². The maximum absolute atomic E-state index is 11.9. The van der Waals surface area contributed by atoms with Crippen molar-refractivity contribution >= 4 is 5.91 Å². The van der Waals surface area contributed by atoms with Gasteiger partial charge >= 0.3 is 0 Å². The number of amides is 1. The van der Waals surface area contributed by atoms with Gasteiger partial charge in [-0.25, -0.2) is 0 Å². The van der Waals surface area contributed by atoms with Gasteiger partial charge in [0.2, 0.25) is 5.91 Å². The standard InChI is InChI=1S/C13H26N2O/c1-6-7-10(2)15-12(16)11(9-14)8-13(3,4)5/h6,10-11H,1,7-9,14H2,2-5H3,(H,15,16). The van der Waals surface area contributed by atoms with E-state index in [1.165, 1.54) is 0 Å². The predicted molar refractivity (Wildman–Crippen MR) is 69.0 cm³/mol. The highest BCUT2D eigenvalue weighted by atomic mass is 16.1. The number of rotatable bonds is 6. The van der Waals surface area contributed by atoms with Gasteiger partial charge in [-0.3, -0.25) is 4.79 Å². The molecule has 3 heteroatoms. The van der Waals surface area contributed by atoms with Crippen LogP contribution in [0, 0.1) is 11.3 Å². The van der Waals surface area contributed by atoms with Crippen LogP contribution in [0.5, 0.6) is 0 Å². The molecular weight excluding hydrogens is 200 g/mol. The van der Waals surface area contributed by atoms with Crippen LogP contribution in [0.4, 0.5) is 0 Å². The topological polar surface area (TPSA) is 55.1 Å². The van der Waals surface area contributed by atoms with Gasteiger partial charge in [0, 0.05) is 12.6 Å². The molecule has 0 bridgehead atoms. The molecule has 3 N–H and O–H groups in total. The van der Waals surface area contributed by atoms with Gasteiger partial charge in [-0.2, -0.15) is 0 Å². The first-order valence-electron chi connectivity index (χ1n) is 5.91. The van der Waals surface area contributed by atoms with E-state index in [1.807, 2.05) is 13.0 Å². The van der Waals surface area contributed by atoms with E-state index >= 15 is 0 Å². The molecule has 3 nitrogen and oxygen atoms in total. The van der Waals surface area contributed by atoms with Crippen molar-refractivity contribution in [3.8, 4) is 0 Å². The van der Waals surface area contributed by atoms with Crippen molar-refractivity contribution in [1.82, 2.24) is 5.32 Å². The molecule has 1 amide bonds. The number of nitrogens with two attached hydrogens (primary N) is 1. The first-order chi connectivity index (χ1) is 7.30. The van der Waals surface area contributed by atoms with Gasteiger partial charge in [-0.1, -0.05) is 26.8 Å². The van der Waals surface area contributed by atoms with Crippen molar-refractivity contribution in [2.45, 2.75) is 46.6 Å². The van der Waals surface area contributed by atoms with Gasteiger partial charge in [0.1, 0.15) is 0 Å². The lowest BCUT2D eigenvalue weighted by Gasteiger charge is -2.25. The van der Waals surface area contributed by atoms with Crippen LogP contribution in [-0.4, -0.2) is 18.5 Å². The second-order valence-corrected chi connectivity index (χ2v) is 5.63. The summed E-state index contributed by atoms with van der Waals surface area (Å²) < 4.78 is 0. The van der Waals surface area contributed by atoms with E-state index < -0.39 is 0 Å². The van der Waals surface area contributed by atoms with Crippen LogP contribution in [0.25, 0.3) is 0 Å². The Balaban J connectivity index is 4.26. The van der Waals surface area contributed by atoms with Crippen LogP contribution in [0.15, 0.2) is 12.7 Å². The Morgan fingerprint density at radius 1 is 1.50 bits per heavy atom. The average Bonchev–Trinajstić information content (AvgIpc) is 2.12. The molecule has 0 rings (SSSR count). The smallest absolute Gasteiger partial charge is 0.224 e. The van der Waals surface area contributed by atoms with E-state index in [1.54, 1.807) is 0 Å². The molecule has 0 saturated carbocycles. The molecule has 0 fully saturated rings. The second kappa shape index (κ2) is 6.69. The molecule has 0 aliphatic heterocycles. The second-order valence-electron chi connectivity index (χ2n) is 5.63. The van der Waals surface area contributed by atoms with Crippen LogP contribution in [0.2, 0.25) is 0 Å². The van der Waals surface area contributed by atoms with Crippen molar-refractivity contribution in [2.75, 3.05) is 6.54 Å². The lowest BCUT2D eigenvalue weighted by Crippen LogP contribution is -2.41. The molecule has 0 aromatic carbocycles. The SMILES string of the molecule is C=CCC(C)NC(=O)C(CN)CC(C)(C)C. The molecule has 0 spiro atoms. The molecule has 0 heterocycles. The summed E-state index contributed by atoms with van der Waals surface area (Å²) in [4.78, 5) is 11.9. The molecule has 0 radical (unpaired) electrons. The summed E-state index contributed by atoms with van der Waals surface area (Å²) in [5.41, 5.74) is 5.78. The minimum atomic E-state index is -0.0905.